The minimum absolute atomic E-state index is 0.0770. The minimum atomic E-state index is -0.0770. The first-order valence-electron chi connectivity index (χ1n) is 8.84. The second-order valence-electron chi connectivity index (χ2n) is 6.76. The monoisotopic (exact) mass is 341 g/mol. The van der Waals surface area contributed by atoms with Crippen molar-refractivity contribution in [1.82, 2.24) is 29.4 Å². The molecule has 0 fully saturated rings. The summed E-state index contributed by atoms with van der Waals surface area (Å²) in [5.74, 6) is 1.99. The molecule has 0 aliphatic carbocycles. The highest BCUT2D eigenvalue weighted by atomic mass is 16.2. The third-order valence-corrected chi connectivity index (χ3v) is 4.74. The Labute approximate surface area is 146 Å². The number of carbonyl (C=O) groups excluding carboxylic acids is 1. The van der Waals surface area contributed by atoms with Crippen LogP contribution >= 0.6 is 0 Å². The van der Waals surface area contributed by atoms with Crippen LogP contribution in [0.15, 0.2) is 24.0 Å². The van der Waals surface area contributed by atoms with Gasteiger partial charge in [0, 0.05) is 32.3 Å². The summed E-state index contributed by atoms with van der Waals surface area (Å²) >= 11 is 0. The van der Waals surface area contributed by atoms with Gasteiger partial charge in [-0.3, -0.25) is 4.68 Å². The molecule has 25 heavy (non-hydrogen) atoms. The maximum Gasteiger partial charge on any atom is 0.322 e. The van der Waals surface area contributed by atoms with Crippen LogP contribution in [-0.2, 0) is 19.5 Å². The van der Waals surface area contributed by atoms with E-state index in [0.29, 0.717) is 18.8 Å². The number of aryl methyl sites for hydroxylation is 1. The molecule has 0 bridgehead atoms. The molecule has 0 radical (unpaired) electrons. The lowest BCUT2D eigenvalue weighted by Crippen LogP contribution is -2.38. The Kier molecular flexibility index (Phi) is 4.25. The minimum Gasteiger partial charge on any atom is -0.320 e. The molecule has 2 aliphatic heterocycles. The van der Waals surface area contributed by atoms with Crippen LogP contribution in [-0.4, -0.2) is 48.6 Å². The summed E-state index contributed by atoms with van der Waals surface area (Å²) in [7, 11) is 0. The van der Waals surface area contributed by atoms with Crippen molar-refractivity contribution in [3.8, 4) is 0 Å². The maximum absolute atomic E-state index is 12.4. The fourth-order valence-corrected chi connectivity index (χ4v) is 3.43. The molecule has 132 valence electrons. The second-order valence-corrected chi connectivity index (χ2v) is 6.76. The van der Waals surface area contributed by atoms with E-state index in [1.54, 1.807) is 10.9 Å². The summed E-state index contributed by atoms with van der Waals surface area (Å²) in [5, 5.41) is 15.8. The zero-order chi connectivity index (χ0) is 17.2. The lowest BCUT2D eigenvalue weighted by Gasteiger charge is -2.26. The molecule has 0 saturated carbocycles. The lowest BCUT2D eigenvalue weighted by molar-refractivity contribution is 0.215. The van der Waals surface area contributed by atoms with Crippen molar-refractivity contribution in [2.24, 2.45) is 0 Å². The van der Waals surface area contributed by atoms with Crippen LogP contribution in [0.1, 0.15) is 37.8 Å². The SMILES string of the molecule is CC1=CCCN(C(=O)Nc2cnn(Cc3nnc4n3CCCC4)c2)C1. The van der Waals surface area contributed by atoms with Crippen LogP contribution < -0.4 is 5.32 Å². The van der Waals surface area contributed by atoms with Crippen molar-refractivity contribution in [2.45, 2.75) is 45.7 Å². The Balaban J connectivity index is 1.40. The molecular weight excluding hydrogens is 318 g/mol. The molecule has 0 atom stereocenters. The summed E-state index contributed by atoms with van der Waals surface area (Å²) in [6, 6.07) is -0.0770. The summed E-state index contributed by atoms with van der Waals surface area (Å²) in [4.78, 5) is 14.2. The number of amides is 2. The third-order valence-electron chi connectivity index (χ3n) is 4.74. The van der Waals surface area contributed by atoms with Crippen molar-refractivity contribution < 1.29 is 4.79 Å². The molecule has 0 spiro atoms. The second kappa shape index (κ2) is 6.70. The number of fused-ring (bicyclic) bond motifs is 1. The Morgan fingerprint density at radius 3 is 3.08 bits per heavy atom. The summed E-state index contributed by atoms with van der Waals surface area (Å²) in [5.41, 5.74) is 1.93. The number of nitrogens with zero attached hydrogens (tertiary/aromatic N) is 6. The molecule has 0 unspecified atom stereocenters. The topological polar surface area (TPSA) is 80.9 Å². The first kappa shape index (κ1) is 15.9. The van der Waals surface area contributed by atoms with Crippen molar-refractivity contribution in [1.29, 1.82) is 0 Å². The molecule has 4 rings (SSSR count). The average Bonchev–Trinajstić information content (AvgIpc) is 3.23. The highest BCUT2D eigenvalue weighted by Crippen LogP contribution is 2.16. The van der Waals surface area contributed by atoms with Gasteiger partial charge in [-0.2, -0.15) is 5.10 Å². The predicted octanol–water partition coefficient (Wildman–Crippen LogP) is 2.04. The number of anilines is 1. The van der Waals surface area contributed by atoms with Crippen LogP contribution in [0.5, 0.6) is 0 Å². The molecule has 2 aliphatic rings. The molecule has 2 aromatic heterocycles. The van der Waals surface area contributed by atoms with Crippen LogP contribution in [0.25, 0.3) is 0 Å². The number of hydrogen-bond donors (Lipinski definition) is 1. The van der Waals surface area contributed by atoms with Crippen LogP contribution in [0.2, 0.25) is 0 Å². The number of hydrogen-bond acceptors (Lipinski definition) is 4. The van der Waals surface area contributed by atoms with Gasteiger partial charge in [-0.25, -0.2) is 4.79 Å². The van der Waals surface area contributed by atoms with Gasteiger partial charge in [0.25, 0.3) is 0 Å². The Morgan fingerprint density at radius 1 is 1.28 bits per heavy atom. The highest BCUT2D eigenvalue weighted by molar-refractivity contribution is 5.89. The largest absolute Gasteiger partial charge is 0.322 e. The van der Waals surface area contributed by atoms with Crippen molar-refractivity contribution in [3.05, 3.63) is 35.7 Å². The fourth-order valence-electron chi connectivity index (χ4n) is 3.43. The number of carbonyl (C=O) groups is 1. The van der Waals surface area contributed by atoms with Crippen molar-refractivity contribution in [2.75, 3.05) is 18.4 Å². The van der Waals surface area contributed by atoms with Crippen molar-refractivity contribution >= 4 is 11.7 Å². The van der Waals surface area contributed by atoms with Gasteiger partial charge in [0.15, 0.2) is 5.82 Å². The van der Waals surface area contributed by atoms with E-state index in [9.17, 15) is 4.79 Å². The van der Waals surface area contributed by atoms with E-state index in [2.05, 4.69) is 38.2 Å². The molecule has 1 N–H and O–H groups in total. The van der Waals surface area contributed by atoms with E-state index >= 15 is 0 Å². The van der Waals surface area contributed by atoms with E-state index in [0.717, 1.165) is 37.6 Å². The molecule has 2 amide bonds. The average molecular weight is 341 g/mol. The Morgan fingerprint density at radius 2 is 2.20 bits per heavy atom. The van der Waals surface area contributed by atoms with E-state index in [4.69, 9.17) is 0 Å². The van der Waals surface area contributed by atoms with Gasteiger partial charge in [-0.1, -0.05) is 11.6 Å². The summed E-state index contributed by atoms with van der Waals surface area (Å²) in [6.07, 6.45) is 9.96. The summed E-state index contributed by atoms with van der Waals surface area (Å²) < 4.78 is 3.98. The molecule has 8 nitrogen and oxygen atoms in total. The highest BCUT2D eigenvalue weighted by Gasteiger charge is 2.18. The van der Waals surface area contributed by atoms with Gasteiger partial charge in [0.2, 0.25) is 0 Å². The molecule has 0 saturated heterocycles. The zero-order valence-electron chi connectivity index (χ0n) is 14.5. The smallest absolute Gasteiger partial charge is 0.320 e. The van der Waals surface area contributed by atoms with Gasteiger partial charge in [0.05, 0.1) is 11.9 Å². The first-order valence-corrected chi connectivity index (χ1v) is 8.84. The van der Waals surface area contributed by atoms with Gasteiger partial charge < -0.3 is 14.8 Å². The van der Waals surface area contributed by atoms with Crippen LogP contribution in [0.3, 0.4) is 0 Å². The molecule has 8 heteroatoms. The maximum atomic E-state index is 12.4. The van der Waals surface area contributed by atoms with E-state index < -0.39 is 0 Å². The standard InChI is InChI=1S/C17H23N7O/c1-13-5-4-7-22(10-13)17(25)19-14-9-18-23(11-14)12-16-21-20-15-6-2-3-8-24(15)16/h5,9,11H,2-4,6-8,10,12H2,1H3,(H,19,25). The number of nitrogens with one attached hydrogen (secondary N) is 1. The molecule has 4 heterocycles. The molecule has 0 aromatic carbocycles. The zero-order valence-corrected chi connectivity index (χ0v) is 14.5. The van der Waals surface area contributed by atoms with Crippen LogP contribution in [0.4, 0.5) is 10.5 Å². The Bertz CT molecular complexity index is 804. The van der Waals surface area contributed by atoms with Gasteiger partial charge >= 0.3 is 6.03 Å². The lowest BCUT2D eigenvalue weighted by atomic mass is 10.1. The van der Waals surface area contributed by atoms with Gasteiger partial charge in [-0.15, -0.1) is 10.2 Å². The molecular formula is C17H23N7O. The van der Waals surface area contributed by atoms with E-state index in [-0.39, 0.29) is 6.03 Å². The fraction of sp³-hybridized carbons (Fsp3) is 0.529. The van der Waals surface area contributed by atoms with Gasteiger partial charge in [0.1, 0.15) is 12.4 Å². The number of rotatable bonds is 3. The quantitative estimate of drug-likeness (QED) is 0.866. The summed E-state index contributed by atoms with van der Waals surface area (Å²) in [6.45, 7) is 5.03. The first-order chi connectivity index (χ1) is 12.2. The Hall–Kier alpha value is -2.64. The number of urea groups is 1. The van der Waals surface area contributed by atoms with E-state index in [1.165, 1.54) is 18.4 Å². The van der Waals surface area contributed by atoms with E-state index in [1.807, 2.05) is 11.1 Å². The van der Waals surface area contributed by atoms with Gasteiger partial charge in [-0.05, 0) is 26.2 Å². The normalized spacial score (nSPS) is 17.2. The van der Waals surface area contributed by atoms with Crippen LogP contribution in [0, 0.1) is 0 Å². The third kappa shape index (κ3) is 3.42. The molecule has 2 aromatic rings. The predicted molar refractivity (Wildman–Crippen MR) is 93.3 cm³/mol. The number of aromatic nitrogens is 5. The van der Waals surface area contributed by atoms with Crippen molar-refractivity contribution in [3.63, 3.8) is 0 Å².